The Labute approximate surface area is 122 Å². The zero-order valence-corrected chi connectivity index (χ0v) is 12.1. The van der Waals surface area contributed by atoms with Crippen molar-refractivity contribution in [2.45, 2.75) is 43.0 Å². The largest absolute Gasteiger partial charge is 0.295 e. The fourth-order valence-electron chi connectivity index (χ4n) is 3.16. The Kier molecular flexibility index (Phi) is 3.33. The van der Waals surface area contributed by atoms with Gasteiger partial charge >= 0.3 is 0 Å². The molecule has 7 heteroatoms. The van der Waals surface area contributed by atoms with E-state index in [0.717, 1.165) is 38.2 Å². The number of hydrogen-bond donors (Lipinski definition) is 1. The second-order valence-corrected chi connectivity index (χ2v) is 6.82. The highest BCUT2D eigenvalue weighted by atomic mass is 32.2. The number of rotatable bonds is 2. The highest BCUT2D eigenvalue weighted by Crippen LogP contribution is 2.33. The molecule has 0 bridgehead atoms. The molecule has 2 amide bonds. The Morgan fingerprint density at radius 3 is 2.33 bits per heavy atom. The molecule has 0 spiro atoms. The van der Waals surface area contributed by atoms with Crippen molar-refractivity contribution in [2.75, 3.05) is 0 Å². The smallest absolute Gasteiger partial charge is 0.282 e. The maximum absolute atomic E-state index is 12.5. The molecule has 1 aromatic carbocycles. The topological polar surface area (TPSA) is 91.7 Å². The maximum atomic E-state index is 12.5. The average molecular weight is 309 g/mol. The summed E-state index contributed by atoms with van der Waals surface area (Å²) in [5.74, 6) is -1.08. The van der Waals surface area contributed by atoms with E-state index in [-0.39, 0.29) is 17.2 Å². The van der Waals surface area contributed by atoms with E-state index in [4.69, 9.17) is 0 Å². The van der Waals surface area contributed by atoms with Crippen molar-refractivity contribution >= 4 is 21.9 Å². The van der Waals surface area contributed by atoms with Crippen LogP contribution in [0.15, 0.2) is 23.1 Å². The Morgan fingerprint density at radius 1 is 1.05 bits per heavy atom. The molecule has 1 fully saturated rings. The molecule has 0 aromatic heterocycles. The zero-order valence-electron chi connectivity index (χ0n) is 11.3. The molecule has 1 aliphatic carbocycles. The van der Waals surface area contributed by atoms with Gasteiger partial charge in [0.05, 0.1) is 11.1 Å². The van der Waals surface area contributed by atoms with Gasteiger partial charge in [-0.2, -0.15) is 8.42 Å². The van der Waals surface area contributed by atoms with E-state index in [2.05, 4.69) is 0 Å². The van der Waals surface area contributed by atoms with Crippen LogP contribution >= 0.6 is 0 Å². The van der Waals surface area contributed by atoms with Crippen LogP contribution in [0.4, 0.5) is 0 Å². The van der Waals surface area contributed by atoms with Crippen molar-refractivity contribution in [1.82, 2.24) is 4.90 Å². The lowest BCUT2D eigenvalue weighted by Crippen LogP contribution is -2.41. The van der Waals surface area contributed by atoms with Gasteiger partial charge in [-0.05, 0) is 25.0 Å². The highest BCUT2D eigenvalue weighted by Gasteiger charge is 2.43. The minimum Gasteiger partial charge on any atom is -0.282 e. The molecule has 0 saturated heterocycles. The first-order chi connectivity index (χ1) is 9.91. The lowest BCUT2D eigenvalue weighted by molar-refractivity contribution is 0.0547. The van der Waals surface area contributed by atoms with Gasteiger partial charge in [0.1, 0.15) is 4.90 Å². The standard InChI is InChI=1S/C14H15NO5S/c16-13-10-7-4-8-11(21(18,19)20)12(10)14(17)15(13)9-5-2-1-3-6-9/h4,7-9H,1-3,5-6H2,(H,18,19,20). The van der Waals surface area contributed by atoms with Crippen molar-refractivity contribution in [3.63, 3.8) is 0 Å². The number of benzene rings is 1. The lowest BCUT2D eigenvalue weighted by Gasteiger charge is -2.29. The molecule has 1 saturated carbocycles. The molecular formula is C14H15NO5S. The quantitative estimate of drug-likeness (QED) is 0.665. The third-order valence-corrected chi connectivity index (χ3v) is 5.02. The van der Waals surface area contributed by atoms with Gasteiger partial charge in [0.15, 0.2) is 0 Å². The molecule has 1 N–H and O–H groups in total. The molecule has 112 valence electrons. The molecule has 6 nitrogen and oxygen atoms in total. The molecular weight excluding hydrogens is 294 g/mol. The third-order valence-electron chi connectivity index (χ3n) is 4.13. The van der Waals surface area contributed by atoms with Gasteiger partial charge in [-0.15, -0.1) is 0 Å². The van der Waals surface area contributed by atoms with Gasteiger partial charge in [0, 0.05) is 6.04 Å². The number of carbonyl (C=O) groups excluding carboxylic acids is 2. The number of nitrogens with zero attached hydrogens (tertiary/aromatic N) is 1. The zero-order chi connectivity index (χ0) is 15.2. The van der Waals surface area contributed by atoms with Gasteiger partial charge in [-0.25, -0.2) is 0 Å². The normalized spacial score (nSPS) is 20.0. The third kappa shape index (κ3) is 2.26. The predicted molar refractivity (Wildman–Crippen MR) is 73.6 cm³/mol. The number of hydrogen-bond acceptors (Lipinski definition) is 4. The van der Waals surface area contributed by atoms with Crippen molar-refractivity contribution < 1.29 is 22.6 Å². The number of amides is 2. The van der Waals surface area contributed by atoms with Crippen LogP contribution in [0.2, 0.25) is 0 Å². The second kappa shape index (κ2) is 4.92. The summed E-state index contributed by atoms with van der Waals surface area (Å²) in [5.41, 5.74) is -0.142. The molecule has 0 atom stereocenters. The summed E-state index contributed by atoms with van der Waals surface area (Å²) >= 11 is 0. The van der Waals surface area contributed by atoms with Crippen molar-refractivity contribution in [2.24, 2.45) is 0 Å². The molecule has 1 aliphatic heterocycles. The predicted octanol–water partition coefficient (Wildman–Crippen LogP) is 1.86. The van der Waals surface area contributed by atoms with Crippen molar-refractivity contribution in [1.29, 1.82) is 0 Å². The first-order valence-corrected chi connectivity index (χ1v) is 8.33. The first-order valence-electron chi connectivity index (χ1n) is 6.89. The maximum Gasteiger partial charge on any atom is 0.295 e. The molecule has 1 aromatic rings. The fourth-order valence-corrected chi connectivity index (χ4v) is 3.86. The Balaban J connectivity index is 2.08. The minimum atomic E-state index is -4.54. The lowest BCUT2D eigenvalue weighted by atomic mass is 9.94. The SMILES string of the molecule is O=C1c2cccc(S(=O)(=O)O)c2C(=O)N1C1CCCCC1. The first kappa shape index (κ1) is 14.2. The van der Waals surface area contributed by atoms with Crippen LogP contribution in [0.3, 0.4) is 0 Å². The number of imide groups is 1. The van der Waals surface area contributed by atoms with Crippen LogP contribution in [-0.2, 0) is 10.1 Å². The number of carbonyl (C=O) groups is 2. The summed E-state index contributed by atoms with van der Waals surface area (Å²) in [6.07, 6.45) is 4.46. The van der Waals surface area contributed by atoms with E-state index < -0.39 is 26.8 Å². The van der Waals surface area contributed by atoms with E-state index in [1.165, 1.54) is 17.0 Å². The summed E-state index contributed by atoms with van der Waals surface area (Å²) < 4.78 is 32.0. The van der Waals surface area contributed by atoms with Crippen molar-refractivity contribution in [3.05, 3.63) is 29.3 Å². The molecule has 21 heavy (non-hydrogen) atoms. The van der Waals surface area contributed by atoms with Gasteiger partial charge in [0.2, 0.25) is 0 Å². The molecule has 2 aliphatic rings. The Bertz CT molecular complexity index is 719. The summed E-state index contributed by atoms with van der Waals surface area (Å²) in [6, 6.07) is 3.74. The van der Waals surface area contributed by atoms with Crippen LogP contribution in [0.5, 0.6) is 0 Å². The van der Waals surface area contributed by atoms with Crippen LogP contribution in [0.25, 0.3) is 0 Å². The summed E-state index contributed by atoms with van der Waals surface area (Å²) in [5, 5.41) is 0. The average Bonchev–Trinajstić information content (AvgIpc) is 2.71. The van der Waals surface area contributed by atoms with E-state index in [9.17, 15) is 22.6 Å². The van der Waals surface area contributed by atoms with Crippen LogP contribution < -0.4 is 0 Å². The van der Waals surface area contributed by atoms with Gasteiger partial charge in [-0.3, -0.25) is 19.0 Å². The van der Waals surface area contributed by atoms with E-state index in [1.807, 2.05) is 0 Å². The summed E-state index contributed by atoms with van der Waals surface area (Å²) in [4.78, 5) is 25.6. The fraction of sp³-hybridized carbons (Fsp3) is 0.429. The monoisotopic (exact) mass is 309 g/mol. The van der Waals surface area contributed by atoms with E-state index in [0.29, 0.717) is 0 Å². The minimum absolute atomic E-state index is 0.0562. The highest BCUT2D eigenvalue weighted by molar-refractivity contribution is 7.86. The van der Waals surface area contributed by atoms with E-state index >= 15 is 0 Å². The summed E-state index contributed by atoms with van der Waals surface area (Å²) in [7, 11) is -4.54. The molecule has 1 heterocycles. The second-order valence-electron chi connectivity index (χ2n) is 5.43. The molecule has 3 rings (SSSR count). The van der Waals surface area contributed by atoms with Crippen LogP contribution in [0, 0.1) is 0 Å². The van der Waals surface area contributed by atoms with Gasteiger partial charge < -0.3 is 0 Å². The number of fused-ring (bicyclic) bond motifs is 1. The van der Waals surface area contributed by atoms with Gasteiger partial charge in [-0.1, -0.05) is 25.3 Å². The van der Waals surface area contributed by atoms with Crippen LogP contribution in [0.1, 0.15) is 52.8 Å². The summed E-state index contributed by atoms with van der Waals surface area (Å²) in [6.45, 7) is 0. The van der Waals surface area contributed by atoms with E-state index in [1.54, 1.807) is 0 Å². The Morgan fingerprint density at radius 2 is 1.71 bits per heavy atom. The van der Waals surface area contributed by atoms with Crippen LogP contribution in [-0.4, -0.2) is 35.7 Å². The Hall–Kier alpha value is -1.73. The molecule has 0 radical (unpaired) electrons. The van der Waals surface area contributed by atoms with Gasteiger partial charge in [0.25, 0.3) is 21.9 Å². The molecule has 0 unspecified atom stereocenters. The van der Waals surface area contributed by atoms with Crippen molar-refractivity contribution in [3.8, 4) is 0 Å².